The summed E-state index contributed by atoms with van der Waals surface area (Å²) >= 11 is 0. The van der Waals surface area contributed by atoms with Gasteiger partial charge in [-0.15, -0.1) is 0 Å². The molecule has 1 heterocycles. The number of nitrogens with one attached hydrogen (secondary N) is 3. The molecule has 4 N–H and O–H groups in total. The summed E-state index contributed by atoms with van der Waals surface area (Å²) < 4.78 is 5.17. The van der Waals surface area contributed by atoms with E-state index in [2.05, 4.69) is 30.9 Å². The molecular weight excluding hydrogens is 356 g/mol. The van der Waals surface area contributed by atoms with Gasteiger partial charge in [-0.3, -0.25) is 0 Å². The number of ether oxygens (including phenoxy) is 1. The zero-order valence-electron chi connectivity index (χ0n) is 15.7. The lowest BCUT2D eigenvalue weighted by Gasteiger charge is -2.11. The lowest BCUT2D eigenvalue weighted by Crippen LogP contribution is -2.14. The molecule has 0 amide bonds. The molecule has 0 aliphatic heterocycles. The average Bonchev–Trinajstić information content (AvgIpc) is 2.76. The number of aromatic nitrogens is 3. The molecule has 0 unspecified atom stereocenters. The number of benzene rings is 2. The Bertz CT molecular complexity index is 858. The van der Waals surface area contributed by atoms with Crippen LogP contribution < -0.4 is 20.7 Å². The Labute approximate surface area is 164 Å². The number of anilines is 3. The Kier molecular flexibility index (Phi) is 6.97. The van der Waals surface area contributed by atoms with Crippen LogP contribution in [0.25, 0.3) is 0 Å². The first-order valence-corrected chi connectivity index (χ1v) is 9.02. The summed E-state index contributed by atoms with van der Waals surface area (Å²) in [5.41, 5.74) is 2.20. The first kappa shape index (κ1) is 19.4. The molecule has 0 spiro atoms. The quantitative estimate of drug-likeness (QED) is 0.425. The van der Waals surface area contributed by atoms with Crippen molar-refractivity contribution in [3.8, 4) is 5.75 Å². The van der Waals surface area contributed by atoms with Gasteiger partial charge in [-0.2, -0.15) is 15.0 Å². The molecule has 0 aliphatic rings. The molecule has 3 rings (SSSR count). The zero-order valence-corrected chi connectivity index (χ0v) is 15.7. The molecule has 0 fully saturated rings. The third-order valence-electron chi connectivity index (χ3n) is 3.93. The fraction of sp³-hybridized carbons (Fsp3) is 0.250. The minimum Gasteiger partial charge on any atom is -0.497 e. The van der Waals surface area contributed by atoms with Gasteiger partial charge in [-0.25, -0.2) is 0 Å². The van der Waals surface area contributed by atoms with E-state index in [1.165, 1.54) is 0 Å². The van der Waals surface area contributed by atoms with E-state index in [0.29, 0.717) is 37.5 Å². The Morgan fingerprint density at radius 3 is 1.82 bits per heavy atom. The number of hydrogen-bond acceptors (Lipinski definition) is 8. The molecule has 3 aromatic rings. The SMILES string of the molecule is COc1ccc(CNc2nc(NCCO)nc(NCc3ccccc3)n2)cc1. The summed E-state index contributed by atoms with van der Waals surface area (Å²) in [5, 5.41) is 18.4. The van der Waals surface area contributed by atoms with Gasteiger partial charge in [0, 0.05) is 19.6 Å². The van der Waals surface area contributed by atoms with Gasteiger partial charge in [0.25, 0.3) is 0 Å². The van der Waals surface area contributed by atoms with E-state index in [1.54, 1.807) is 7.11 Å². The van der Waals surface area contributed by atoms with E-state index >= 15 is 0 Å². The van der Waals surface area contributed by atoms with Crippen molar-refractivity contribution in [3.05, 3.63) is 65.7 Å². The van der Waals surface area contributed by atoms with Crippen LogP contribution in [0.15, 0.2) is 54.6 Å². The fourth-order valence-corrected chi connectivity index (χ4v) is 2.48. The minimum atomic E-state index is -0.00687. The molecule has 8 nitrogen and oxygen atoms in total. The maximum atomic E-state index is 9.04. The number of aliphatic hydroxyl groups excluding tert-OH is 1. The highest BCUT2D eigenvalue weighted by Crippen LogP contribution is 2.14. The van der Waals surface area contributed by atoms with Crippen molar-refractivity contribution in [2.24, 2.45) is 0 Å². The van der Waals surface area contributed by atoms with E-state index in [9.17, 15) is 0 Å². The molecular formula is C20H24N6O2. The molecule has 8 heteroatoms. The van der Waals surface area contributed by atoms with E-state index in [1.807, 2.05) is 54.6 Å². The van der Waals surface area contributed by atoms with Gasteiger partial charge >= 0.3 is 0 Å². The van der Waals surface area contributed by atoms with Crippen molar-refractivity contribution in [1.29, 1.82) is 0 Å². The van der Waals surface area contributed by atoms with Gasteiger partial charge in [0.05, 0.1) is 13.7 Å². The third-order valence-corrected chi connectivity index (χ3v) is 3.93. The molecule has 0 saturated heterocycles. The highest BCUT2D eigenvalue weighted by Gasteiger charge is 2.07. The van der Waals surface area contributed by atoms with Crippen molar-refractivity contribution in [2.45, 2.75) is 13.1 Å². The maximum Gasteiger partial charge on any atom is 0.229 e. The molecule has 0 saturated carbocycles. The number of nitrogens with zero attached hydrogens (tertiary/aromatic N) is 3. The van der Waals surface area contributed by atoms with Gasteiger partial charge in [0.1, 0.15) is 5.75 Å². The van der Waals surface area contributed by atoms with Crippen LogP contribution in [0.4, 0.5) is 17.8 Å². The molecule has 0 atom stereocenters. The summed E-state index contributed by atoms with van der Waals surface area (Å²) in [6.45, 7) is 1.51. The summed E-state index contributed by atoms with van der Waals surface area (Å²) in [4.78, 5) is 13.1. The lowest BCUT2D eigenvalue weighted by atomic mass is 10.2. The Balaban J connectivity index is 1.68. The summed E-state index contributed by atoms with van der Waals surface area (Å²) in [6.07, 6.45) is 0. The van der Waals surface area contributed by atoms with Gasteiger partial charge < -0.3 is 25.8 Å². The van der Waals surface area contributed by atoms with Crippen LogP contribution in [0.3, 0.4) is 0 Å². The lowest BCUT2D eigenvalue weighted by molar-refractivity contribution is 0.311. The topological polar surface area (TPSA) is 104 Å². The van der Waals surface area contributed by atoms with Crippen LogP contribution in [0.1, 0.15) is 11.1 Å². The second-order valence-electron chi connectivity index (χ2n) is 6.00. The third kappa shape index (κ3) is 5.82. The summed E-state index contributed by atoms with van der Waals surface area (Å²) in [7, 11) is 1.64. The van der Waals surface area contributed by atoms with Gasteiger partial charge in [0.15, 0.2) is 0 Å². The molecule has 146 valence electrons. The van der Waals surface area contributed by atoms with Crippen molar-refractivity contribution in [2.75, 3.05) is 36.2 Å². The van der Waals surface area contributed by atoms with Gasteiger partial charge in [-0.05, 0) is 23.3 Å². The van der Waals surface area contributed by atoms with Crippen LogP contribution in [-0.2, 0) is 13.1 Å². The van der Waals surface area contributed by atoms with Crippen molar-refractivity contribution in [1.82, 2.24) is 15.0 Å². The Morgan fingerprint density at radius 1 is 0.750 bits per heavy atom. The van der Waals surface area contributed by atoms with Crippen molar-refractivity contribution < 1.29 is 9.84 Å². The molecule has 0 aliphatic carbocycles. The fourth-order valence-electron chi connectivity index (χ4n) is 2.48. The molecule has 1 aromatic heterocycles. The minimum absolute atomic E-state index is 0.00687. The Hall–Kier alpha value is -3.39. The second-order valence-corrected chi connectivity index (χ2v) is 6.00. The molecule has 28 heavy (non-hydrogen) atoms. The number of hydrogen-bond donors (Lipinski definition) is 4. The Morgan fingerprint density at radius 2 is 1.29 bits per heavy atom. The van der Waals surface area contributed by atoms with E-state index in [-0.39, 0.29) is 6.61 Å². The van der Waals surface area contributed by atoms with E-state index in [0.717, 1.165) is 16.9 Å². The van der Waals surface area contributed by atoms with E-state index < -0.39 is 0 Å². The van der Waals surface area contributed by atoms with Gasteiger partial charge in [-0.1, -0.05) is 42.5 Å². The first-order valence-electron chi connectivity index (χ1n) is 9.02. The summed E-state index contributed by atoms with van der Waals surface area (Å²) in [6, 6.07) is 17.8. The summed E-state index contributed by atoms with van der Waals surface area (Å²) in [5.74, 6) is 2.11. The molecule has 0 radical (unpaired) electrons. The number of methoxy groups -OCH3 is 1. The predicted molar refractivity (Wildman–Crippen MR) is 109 cm³/mol. The van der Waals surface area contributed by atoms with Crippen molar-refractivity contribution >= 4 is 17.8 Å². The molecule has 2 aromatic carbocycles. The van der Waals surface area contributed by atoms with Crippen LogP contribution in [0.2, 0.25) is 0 Å². The largest absolute Gasteiger partial charge is 0.497 e. The van der Waals surface area contributed by atoms with Gasteiger partial charge in [0.2, 0.25) is 17.8 Å². The van der Waals surface area contributed by atoms with E-state index in [4.69, 9.17) is 9.84 Å². The van der Waals surface area contributed by atoms with Crippen LogP contribution >= 0.6 is 0 Å². The standard InChI is InChI=1S/C20H24N6O2/c1-28-17-9-7-16(8-10-17)14-23-20-25-18(21-11-12-27)24-19(26-20)22-13-15-5-3-2-4-6-15/h2-10,27H,11-14H2,1H3,(H3,21,22,23,24,25,26). The first-order chi connectivity index (χ1) is 13.8. The average molecular weight is 380 g/mol. The van der Waals surface area contributed by atoms with Crippen LogP contribution in [-0.4, -0.2) is 40.3 Å². The highest BCUT2D eigenvalue weighted by molar-refractivity contribution is 5.43. The number of rotatable bonds is 10. The zero-order chi connectivity index (χ0) is 19.6. The normalized spacial score (nSPS) is 10.4. The smallest absolute Gasteiger partial charge is 0.229 e. The predicted octanol–water partition coefficient (Wildman–Crippen LogP) is 2.51. The molecule has 0 bridgehead atoms. The van der Waals surface area contributed by atoms with Crippen molar-refractivity contribution in [3.63, 3.8) is 0 Å². The maximum absolute atomic E-state index is 9.04. The highest BCUT2D eigenvalue weighted by atomic mass is 16.5. The van der Waals surface area contributed by atoms with Crippen LogP contribution in [0.5, 0.6) is 5.75 Å². The monoisotopic (exact) mass is 380 g/mol. The van der Waals surface area contributed by atoms with Crippen LogP contribution in [0, 0.1) is 0 Å². The second kappa shape index (κ2) is 10.1. The number of aliphatic hydroxyl groups is 1.